The van der Waals surface area contributed by atoms with E-state index in [0.29, 0.717) is 23.9 Å². The zero-order valence-electron chi connectivity index (χ0n) is 11.8. The Morgan fingerprint density at radius 1 is 1.23 bits per heavy atom. The van der Waals surface area contributed by atoms with Gasteiger partial charge in [-0.25, -0.2) is 15.0 Å². The monoisotopic (exact) mass is 314 g/mol. The second-order valence-electron chi connectivity index (χ2n) is 4.68. The predicted octanol–water partition coefficient (Wildman–Crippen LogP) is 2.76. The SMILES string of the molecule is NCCc1ncc(-c2ccnc(Nc3cccc(Cl)c3)n2)[nH]1. The highest BCUT2D eigenvalue weighted by atomic mass is 35.5. The number of hydrogen-bond acceptors (Lipinski definition) is 5. The van der Waals surface area contributed by atoms with Gasteiger partial charge >= 0.3 is 0 Å². The van der Waals surface area contributed by atoms with Crippen LogP contribution < -0.4 is 11.1 Å². The highest BCUT2D eigenvalue weighted by Gasteiger charge is 2.06. The lowest BCUT2D eigenvalue weighted by atomic mass is 10.3. The number of anilines is 2. The van der Waals surface area contributed by atoms with Crippen LogP contribution in [0.5, 0.6) is 0 Å². The molecule has 3 aromatic rings. The van der Waals surface area contributed by atoms with Gasteiger partial charge in [0.15, 0.2) is 0 Å². The van der Waals surface area contributed by atoms with Crippen LogP contribution in [-0.2, 0) is 6.42 Å². The molecule has 1 aromatic carbocycles. The molecular weight excluding hydrogens is 300 g/mol. The van der Waals surface area contributed by atoms with E-state index < -0.39 is 0 Å². The number of nitrogens with one attached hydrogen (secondary N) is 2. The van der Waals surface area contributed by atoms with Gasteiger partial charge in [-0.05, 0) is 30.8 Å². The maximum Gasteiger partial charge on any atom is 0.227 e. The predicted molar refractivity (Wildman–Crippen MR) is 87.1 cm³/mol. The maximum atomic E-state index is 5.97. The van der Waals surface area contributed by atoms with Gasteiger partial charge in [-0.15, -0.1) is 0 Å². The minimum absolute atomic E-state index is 0.495. The topological polar surface area (TPSA) is 92.5 Å². The average Bonchev–Trinajstić information content (AvgIpc) is 2.97. The molecule has 2 aromatic heterocycles. The van der Waals surface area contributed by atoms with Crippen LogP contribution in [0.1, 0.15) is 5.82 Å². The fourth-order valence-corrected chi connectivity index (χ4v) is 2.21. The molecule has 4 N–H and O–H groups in total. The Morgan fingerprint density at radius 2 is 2.14 bits per heavy atom. The normalized spacial score (nSPS) is 10.6. The summed E-state index contributed by atoms with van der Waals surface area (Å²) in [6.45, 7) is 0.554. The molecule has 0 amide bonds. The van der Waals surface area contributed by atoms with Gasteiger partial charge in [0.1, 0.15) is 5.82 Å². The number of nitrogens with two attached hydrogens (primary N) is 1. The lowest BCUT2D eigenvalue weighted by molar-refractivity contribution is 0.894. The van der Waals surface area contributed by atoms with Gasteiger partial charge < -0.3 is 16.0 Å². The number of rotatable bonds is 5. The number of aromatic nitrogens is 4. The molecule has 0 atom stereocenters. The Hall–Kier alpha value is -2.44. The fraction of sp³-hybridized carbons (Fsp3) is 0.133. The molecule has 6 nitrogen and oxygen atoms in total. The summed E-state index contributed by atoms with van der Waals surface area (Å²) in [6, 6.07) is 9.21. The standard InChI is InChI=1S/C15H15ClN6/c16-10-2-1-3-11(8-10)20-15-18-7-5-12(22-15)13-9-19-14(21-13)4-6-17/h1-3,5,7-9H,4,6,17H2,(H,19,21)(H,18,20,22). The second kappa shape index (κ2) is 6.55. The van der Waals surface area contributed by atoms with Crippen LogP contribution in [0.2, 0.25) is 5.02 Å². The molecule has 0 aliphatic heterocycles. The molecule has 0 fully saturated rings. The highest BCUT2D eigenvalue weighted by molar-refractivity contribution is 6.30. The van der Waals surface area contributed by atoms with Crippen molar-refractivity contribution in [1.29, 1.82) is 0 Å². The number of benzene rings is 1. The van der Waals surface area contributed by atoms with Crippen LogP contribution in [0.25, 0.3) is 11.4 Å². The lowest BCUT2D eigenvalue weighted by Crippen LogP contribution is -2.03. The maximum absolute atomic E-state index is 5.97. The van der Waals surface area contributed by atoms with Crippen LogP contribution in [0, 0.1) is 0 Å². The Morgan fingerprint density at radius 3 is 2.95 bits per heavy atom. The molecular formula is C15H15ClN6. The molecule has 0 unspecified atom stereocenters. The van der Waals surface area contributed by atoms with Crippen LogP contribution in [0.3, 0.4) is 0 Å². The Kier molecular flexibility index (Phi) is 4.32. The van der Waals surface area contributed by atoms with Gasteiger partial charge in [0.2, 0.25) is 5.95 Å². The quantitative estimate of drug-likeness (QED) is 0.673. The van der Waals surface area contributed by atoms with Crippen LogP contribution in [-0.4, -0.2) is 26.5 Å². The zero-order valence-corrected chi connectivity index (χ0v) is 12.5. The van der Waals surface area contributed by atoms with Crippen molar-refractivity contribution in [3.05, 3.63) is 53.6 Å². The molecule has 0 spiro atoms. The molecule has 0 saturated carbocycles. The number of H-pyrrole nitrogens is 1. The smallest absolute Gasteiger partial charge is 0.227 e. The fourth-order valence-electron chi connectivity index (χ4n) is 2.02. The van der Waals surface area contributed by atoms with E-state index in [1.807, 2.05) is 30.3 Å². The first-order valence-electron chi connectivity index (χ1n) is 6.84. The van der Waals surface area contributed by atoms with E-state index >= 15 is 0 Å². The first-order valence-corrected chi connectivity index (χ1v) is 7.22. The van der Waals surface area contributed by atoms with Gasteiger partial charge in [0, 0.05) is 23.3 Å². The van der Waals surface area contributed by atoms with Crippen molar-refractivity contribution in [2.24, 2.45) is 5.73 Å². The Bertz CT molecular complexity index is 770. The Balaban J connectivity index is 1.82. The molecule has 3 rings (SSSR count). The number of halogens is 1. The molecule has 7 heteroatoms. The van der Waals surface area contributed by atoms with Gasteiger partial charge in [-0.1, -0.05) is 17.7 Å². The number of aromatic amines is 1. The third-order valence-corrected chi connectivity index (χ3v) is 3.26. The van der Waals surface area contributed by atoms with Gasteiger partial charge in [-0.3, -0.25) is 0 Å². The van der Waals surface area contributed by atoms with Crippen molar-refractivity contribution < 1.29 is 0 Å². The van der Waals surface area contributed by atoms with Crippen molar-refractivity contribution in [2.75, 3.05) is 11.9 Å². The summed E-state index contributed by atoms with van der Waals surface area (Å²) in [5.74, 6) is 1.34. The largest absolute Gasteiger partial charge is 0.341 e. The van der Waals surface area contributed by atoms with Gasteiger partial charge in [0.25, 0.3) is 0 Å². The summed E-state index contributed by atoms with van der Waals surface area (Å²) in [6.07, 6.45) is 4.15. The Labute approximate surface area is 132 Å². The molecule has 2 heterocycles. The highest BCUT2D eigenvalue weighted by Crippen LogP contribution is 2.20. The minimum atomic E-state index is 0.495. The number of nitrogens with zero attached hydrogens (tertiary/aromatic N) is 3. The summed E-state index contributed by atoms with van der Waals surface area (Å²) < 4.78 is 0. The van der Waals surface area contributed by atoms with Crippen molar-refractivity contribution in [3.8, 4) is 11.4 Å². The molecule has 22 heavy (non-hydrogen) atoms. The second-order valence-corrected chi connectivity index (χ2v) is 5.12. The van der Waals surface area contributed by atoms with E-state index in [4.69, 9.17) is 17.3 Å². The molecule has 0 radical (unpaired) electrons. The summed E-state index contributed by atoms with van der Waals surface area (Å²) >= 11 is 5.97. The first kappa shape index (κ1) is 14.5. The minimum Gasteiger partial charge on any atom is -0.341 e. The molecule has 0 saturated heterocycles. The van der Waals surface area contributed by atoms with Crippen molar-refractivity contribution in [2.45, 2.75) is 6.42 Å². The van der Waals surface area contributed by atoms with Crippen LogP contribution in [0.15, 0.2) is 42.7 Å². The van der Waals surface area contributed by atoms with E-state index in [9.17, 15) is 0 Å². The van der Waals surface area contributed by atoms with Gasteiger partial charge in [0.05, 0.1) is 17.6 Å². The third kappa shape index (κ3) is 3.41. The summed E-state index contributed by atoms with van der Waals surface area (Å²) in [4.78, 5) is 16.2. The molecule has 0 aliphatic carbocycles. The number of imidazole rings is 1. The third-order valence-electron chi connectivity index (χ3n) is 3.02. The van der Waals surface area contributed by atoms with E-state index in [0.717, 1.165) is 22.9 Å². The van der Waals surface area contributed by atoms with E-state index in [1.54, 1.807) is 12.4 Å². The summed E-state index contributed by atoms with van der Waals surface area (Å²) in [5.41, 5.74) is 7.95. The number of hydrogen-bond donors (Lipinski definition) is 3. The summed E-state index contributed by atoms with van der Waals surface area (Å²) in [7, 11) is 0. The van der Waals surface area contributed by atoms with E-state index in [2.05, 4.69) is 25.3 Å². The molecule has 112 valence electrons. The molecule has 0 aliphatic rings. The van der Waals surface area contributed by atoms with Crippen LogP contribution >= 0.6 is 11.6 Å². The van der Waals surface area contributed by atoms with Crippen molar-refractivity contribution in [1.82, 2.24) is 19.9 Å². The first-order chi connectivity index (χ1) is 10.7. The van der Waals surface area contributed by atoms with E-state index in [1.165, 1.54) is 0 Å². The van der Waals surface area contributed by atoms with Gasteiger partial charge in [-0.2, -0.15) is 0 Å². The lowest BCUT2D eigenvalue weighted by Gasteiger charge is -2.06. The van der Waals surface area contributed by atoms with Crippen molar-refractivity contribution in [3.63, 3.8) is 0 Å². The van der Waals surface area contributed by atoms with Crippen molar-refractivity contribution >= 4 is 23.2 Å². The van der Waals surface area contributed by atoms with E-state index in [-0.39, 0.29) is 0 Å². The molecule has 0 bridgehead atoms. The zero-order chi connectivity index (χ0) is 15.4. The summed E-state index contributed by atoms with van der Waals surface area (Å²) in [5, 5.41) is 3.78. The van der Waals surface area contributed by atoms with Crippen LogP contribution in [0.4, 0.5) is 11.6 Å². The average molecular weight is 315 g/mol.